The number of aromatic nitrogens is 1. The number of fused-ring (bicyclic) bond motifs is 1. The monoisotopic (exact) mass is 261 g/mol. The Hall–Kier alpha value is -2.68. The Labute approximate surface area is 118 Å². The standard InChI is InChI=1S/C17H15N3/c1-2-6-14(7-3-1)12-18-19-13-16-11-10-15-8-4-5-9-17(15)20-16/h1-11,13,18H,12H2. The van der Waals surface area contributed by atoms with Crippen LogP contribution in [0.3, 0.4) is 0 Å². The van der Waals surface area contributed by atoms with Crippen LogP contribution in [-0.4, -0.2) is 11.2 Å². The van der Waals surface area contributed by atoms with Crippen molar-refractivity contribution in [2.45, 2.75) is 6.54 Å². The number of para-hydroxylation sites is 1. The molecule has 98 valence electrons. The van der Waals surface area contributed by atoms with Gasteiger partial charge in [0.2, 0.25) is 0 Å². The van der Waals surface area contributed by atoms with Crippen LogP contribution in [0.5, 0.6) is 0 Å². The normalized spacial score (nSPS) is 11.0. The molecule has 0 radical (unpaired) electrons. The Morgan fingerprint density at radius 2 is 1.70 bits per heavy atom. The van der Waals surface area contributed by atoms with E-state index in [1.165, 1.54) is 5.56 Å². The third kappa shape index (κ3) is 3.01. The molecule has 0 aliphatic heterocycles. The molecule has 3 aromatic rings. The summed E-state index contributed by atoms with van der Waals surface area (Å²) in [5.74, 6) is 0. The summed E-state index contributed by atoms with van der Waals surface area (Å²) in [5.41, 5.74) is 6.07. The van der Waals surface area contributed by atoms with E-state index >= 15 is 0 Å². The number of nitrogens with one attached hydrogen (secondary N) is 1. The minimum Gasteiger partial charge on any atom is -0.306 e. The number of rotatable bonds is 4. The van der Waals surface area contributed by atoms with Gasteiger partial charge in [0.25, 0.3) is 0 Å². The molecule has 20 heavy (non-hydrogen) atoms. The Kier molecular flexibility index (Phi) is 3.69. The number of benzene rings is 2. The average Bonchev–Trinajstić information content (AvgIpc) is 2.52. The first-order valence-electron chi connectivity index (χ1n) is 6.57. The molecular formula is C17H15N3. The molecule has 0 aliphatic rings. The molecule has 0 unspecified atom stereocenters. The summed E-state index contributed by atoms with van der Waals surface area (Å²) < 4.78 is 0. The van der Waals surface area contributed by atoms with Gasteiger partial charge in [0, 0.05) is 5.39 Å². The van der Waals surface area contributed by atoms with Crippen LogP contribution in [-0.2, 0) is 6.54 Å². The zero-order valence-electron chi connectivity index (χ0n) is 11.0. The SMILES string of the molecule is C(=NNCc1ccccc1)c1ccc2ccccc2n1. The van der Waals surface area contributed by atoms with Crippen LogP contribution in [0.15, 0.2) is 71.8 Å². The summed E-state index contributed by atoms with van der Waals surface area (Å²) in [6.07, 6.45) is 1.75. The van der Waals surface area contributed by atoms with Gasteiger partial charge in [-0.1, -0.05) is 54.6 Å². The Morgan fingerprint density at radius 3 is 2.60 bits per heavy atom. The van der Waals surface area contributed by atoms with Crippen molar-refractivity contribution < 1.29 is 0 Å². The van der Waals surface area contributed by atoms with Crippen LogP contribution in [0, 0.1) is 0 Å². The van der Waals surface area contributed by atoms with Crippen molar-refractivity contribution >= 4 is 17.1 Å². The molecule has 0 atom stereocenters. The molecule has 1 N–H and O–H groups in total. The van der Waals surface area contributed by atoms with Gasteiger partial charge < -0.3 is 5.43 Å². The topological polar surface area (TPSA) is 37.3 Å². The van der Waals surface area contributed by atoms with Gasteiger partial charge in [-0.25, -0.2) is 4.98 Å². The molecule has 0 bridgehead atoms. The van der Waals surface area contributed by atoms with E-state index in [4.69, 9.17) is 0 Å². The van der Waals surface area contributed by atoms with Gasteiger partial charge in [0.1, 0.15) is 0 Å². The molecule has 2 aromatic carbocycles. The summed E-state index contributed by atoms with van der Waals surface area (Å²) in [6.45, 7) is 0.713. The fraction of sp³-hybridized carbons (Fsp3) is 0.0588. The molecule has 1 aromatic heterocycles. The average molecular weight is 261 g/mol. The molecule has 0 spiro atoms. The first-order chi connectivity index (χ1) is 9.92. The Balaban J connectivity index is 1.65. The molecule has 3 rings (SSSR count). The highest BCUT2D eigenvalue weighted by Gasteiger charge is 1.94. The van der Waals surface area contributed by atoms with E-state index in [1.807, 2.05) is 42.5 Å². The molecule has 3 heteroatoms. The molecule has 0 fully saturated rings. The third-order valence-electron chi connectivity index (χ3n) is 3.03. The summed E-state index contributed by atoms with van der Waals surface area (Å²) in [6, 6.07) is 22.3. The lowest BCUT2D eigenvalue weighted by Gasteiger charge is -2.00. The first-order valence-corrected chi connectivity index (χ1v) is 6.57. The second-order valence-electron chi connectivity index (χ2n) is 4.51. The smallest absolute Gasteiger partial charge is 0.0837 e. The summed E-state index contributed by atoms with van der Waals surface area (Å²) >= 11 is 0. The van der Waals surface area contributed by atoms with Crippen molar-refractivity contribution in [2.75, 3.05) is 0 Å². The van der Waals surface area contributed by atoms with Crippen LogP contribution in [0.4, 0.5) is 0 Å². The third-order valence-corrected chi connectivity index (χ3v) is 3.03. The van der Waals surface area contributed by atoms with Crippen molar-refractivity contribution in [1.82, 2.24) is 10.4 Å². The van der Waals surface area contributed by atoms with Crippen LogP contribution in [0.25, 0.3) is 10.9 Å². The van der Waals surface area contributed by atoms with Gasteiger partial charge in [0.05, 0.1) is 24.0 Å². The molecule has 0 saturated carbocycles. The Bertz CT molecular complexity index is 720. The molecule has 0 aliphatic carbocycles. The maximum atomic E-state index is 4.53. The summed E-state index contributed by atoms with van der Waals surface area (Å²) in [5, 5.41) is 5.35. The fourth-order valence-corrected chi connectivity index (χ4v) is 2.00. The maximum absolute atomic E-state index is 4.53. The first kappa shape index (κ1) is 12.4. The van der Waals surface area contributed by atoms with E-state index < -0.39 is 0 Å². The van der Waals surface area contributed by atoms with Crippen LogP contribution >= 0.6 is 0 Å². The quantitative estimate of drug-likeness (QED) is 0.577. The van der Waals surface area contributed by atoms with Gasteiger partial charge in [-0.05, 0) is 17.7 Å². The van der Waals surface area contributed by atoms with Crippen LogP contribution in [0.2, 0.25) is 0 Å². The molecular weight excluding hydrogens is 246 g/mol. The van der Waals surface area contributed by atoms with Crippen molar-refractivity contribution in [3.05, 3.63) is 78.0 Å². The highest BCUT2D eigenvalue weighted by Crippen LogP contribution is 2.10. The number of hydrazone groups is 1. The van der Waals surface area contributed by atoms with Gasteiger partial charge in [0.15, 0.2) is 0 Å². The van der Waals surface area contributed by atoms with E-state index in [2.05, 4.69) is 39.8 Å². The van der Waals surface area contributed by atoms with E-state index in [0.717, 1.165) is 16.6 Å². The predicted octanol–water partition coefficient (Wildman–Crippen LogP) is 3.36. The molecule has 1 heterocycles. The zero-order valence-corrected chi connectivity index (χ0v) is 11.0. The number of hydrogen-bond acceptors (Lipinski definition) is 3. The van der Waals surface area contributed by atoms with Crippen molar-refractivity contribution in [3.8, 4) is 0 Å². The van der Waals surface area contributed by atoms with E-state index in [9.17, 15) is 0 Å². The lowest BCUT2D eigenvalue weighted by Crippen LogP contribution is -2.05. The van der Waals surface area contributed by atoms with Gasteiger partial charge in [-0.2, -0.15) is 5.10 Å². The number of nitrogens with zero attached hydrogens (tertiary/aromatic N) is 2. The highest BCUT2D eigenvalue weighted by molar-refractivity contribution is 5.84. The van der Waals surface area contributed by atoms with Crippen molar-refractivity contribution in [3.63, 3.8) is 0 Å². The molecule has 0 amide bonds. The van der Waals surface area contributed by atoms with Gasteiger partial charge in [-0.3, -0.25) is 0 Å². The van der Waals surface area contributed by atoms with E-state index in [1.54, 1.807) is 6.21 Å². The van der Waals surface area contributed by atoms with Crippen LogP contribution < -0.4 is 5.43 Å². The highest BCUT2D eigenvalue weighted by atomic mass is 15.3. The maximum Gasteiger partial charge on any atom is 0.0837 e. The lowest BCUT2D eigenvalue weighted by molar-refractivity contribution is 0.748. The Morgan fingerprint density at radius 1 is 0.900 bits per heavy atom. The minimum absolute atomic E-state index is 0.713. The number of pyridine rings is 1. The largest absolute Gasteiger partial charge is 0.306 e. The fourth-order valence-electron chi connectivity index (χ4n) is 2.00. The second-order valence-corrected chi connectivity index (χ2v) is 4.51. The predicted molar refractivity (Wildman–Crippen MR) is 82.6 cm³/mol. The van der Waals surface area contributed by atoms with Crippen LogP contribution in [0.1, 0.15) is 11.3 Å². The lowest BCUT2D eigenvalue weighted by atomic mass is 10.2. The van der Waals surface area contributed by atoms with Gasteiger partial charge in [-0.15, -0.1) is 0 Å². The second kappa shape index (κ2) is 5.97. The molecule has 3 nitrogen and oxygen atoms in total. The summed E-state index contributed by atoms with van der Waals surface area (Å²) in [4.78, 5) is 4.53. The summed E-state index contributed by atoms with van der Waals surface area (Å²) in [7, 11) is 0. The molecule has 0 saturated heterocycles. The minimum atomic E-state index is 0.713. The number of hydrogen-bond donors (Lipinski definition) is 1. The van der Waals surface area contributed by atoms with Crippen molar-refractivity contribution in [2.24, 2.45) is 5.10 Å². The van der Waals surface area contributed by atoms with Gasteiger partial charge >= 0.3 is 0 Å². The van der Waals surface area contributed by atoms with E-state index in [0.29, 0.717) is 6.54 Å². The van der Waals surface area contributed by atoms with E-state index in [-0.39, 0.29) is 0 Å². The van der Waals surface area contributed by atoms with Crippen molar-refractivity contribution in [1.29, 1.82) is 0 Å². The zero-order chi connectivity index (χ0) is 13.6.